The fourth-order valence-electron chi connectivity index (χ4n) is 4.43. The molecule has 1 saturated heterocycles. The lowest BCUT2D eigenvalue weighted by atomic mass is 10.0. The lowest BCUT2D eigenvalue weighted by Gasteiger charge is -2.34. The second kappa shape index (κ2) is 10.2. The number of likely N-dealkylation sites (tertiary alicyclic amines) is 1. The molecule has 1 aromatic carbocycles. The first-order valence-electron chi connectivity index (χ1n) is 11.6. The van der Waals surface area contributed by atoms with Crippen molar-refractivity contribution in [3.05, 3.63) is 57.5 Å². The van der Waals surface area contributed by atoms with Gasteiger partial charge < -0.3 is 24.0 Å². The Hall–Kier alpha value is -2.52. The summed E-state index contributed by atoms with van der Waals surface area (Å²) in [4.78, 5) is 16.1. The number of amides is 1. The molecule has 0 unspecified atom stereocenters. The number of aromatic nitrogens is 2. The van der Waals surface area contributed by atoms with Crippen molar-refractivity contribution in [1.82, 2.24) is 19.9 Å². The van der Waals surface area contributed by atoms with Crippen molar-refractivity contribution in [2.45, 2.75) is 45.3 Å². The summed E-state index contributed by atoms with van der Waals surface area (Å²) in [6, 6.07) is 13.6. The number of fused-ring (bicyclic) bond motifs is 1. The molecule has 0 spiro atoms. The number of rotatable bonds is 6. The van der Waals surface area contributed by atoms with Crippen LogP contribution in [0.5, 0.6) is 5.88 Å². The van der Waals surface area contributed by atoms with Crippen LogP contribution < -0.4 is 10.1 Å². The number of nitrogens with one attached hydrogen (secondary N) is 1. The normalized spacial score (nSPS) is 15.2. The summed E-state index contributed by atoms with van der Waals surface area (Å²) in [5.74, 6) is 1.04. The summed E-state index contributed by atoms with van der Waals surface area (Å²) >= 11 is 13.9. The van der Waals surface area contributed by atoms with Crippen LogP contribution in [0.25, 0.3) is 21.5 Å². The van der Waals surface area contributed by atoms with Gasteiger partial charge in [0.1, 0.15) is 5.69 Å². The molecule has 1 amide bonds. The van der Waals surface area contributed by atoms with Crippen LogP contribution in [0.2, 0.25) is 9.36 Å². The summed E-state index contributed by atoms with van der Waals surface area (Å²) < 4.78 is 13.9. The molecule has 0 bridgehead atoms. The maximum absolute atomic E-state index is 12.8. The topological polar surface area (TPSA) is 72.5 Å². The van der Waals surface area contributed by atoms with Gasteiger partial charge in [0.15, 0.2) is 5.76 Å². The molecule has 184 valence electrons. The third kappa shape index (κ3) is 5.35. The fraction of sp³-hybridized carbons (Fsp3) is 0.360. The first kappa shape index (κ1) is 24.2. The van der Waals surface area contributed by atoms with Crippen LogP contribution in [0.1, 0.15) is 32.4 Å². The number of carbonyl (C=O) groups excluding carboxylic acids is 1. The summed E-state index contributed by atoms with van der Waals surface area (Å²) in [5.41, 5.74) is 1.53. The molecule has 1 aliphatic rings. The van der Waals surface area contributed by atoms with Crippen LogP contribution in [-0.2, 0) is 6.54 Å². The molecule has 35 heavy (non-hydrogen) atoms. The van der Waals surface area contributed by atoms with Gasteiger partial charge in [-0.1, -0.05) is 34.4 Å². The number of hydrogen-bond acceptors (Lipinski definition) is 6. The first-order valence-corrected chi connectivity index (χ1v) is 13.2. The Bertz CT molecular complexity index is 1340. The number of thiophene rings is 1. The number of halogens is 2. The van der Waals surface area contributed by atoms with E-state index < -0.39 is 6.09 Å². The van der Waals surface area contributed by atoms with Crippen molar-refractivity contribution in [3.63, 3.8) is 0 Å². The third-order valence-electron chi connectivity index (χ3n) is 6.33. The number of carbonyl (C=O) groups is 1. The van der Waals surface area contributed by atoms with Gasteiger partial charge in [-0.25, -0.2) is 4.79 Å². The highest BCUT2D eigenvalue weighted by atomic mass is 35.5. The van der Waals surface area contributed by atoms with Crippen molar-refractivity contribution in [2.75, 3.05) is 13.1 Å². The number of ether oxygens (including phenoxy) is 1. The molecule has 0 radical (unpaired) electrons. The highest BCUT2D eigenvalue weighted by Crippen LogP contribution is 2.34. The molecule has 5 rings (SSSR count). The Morgan fingerprint density at radius 3 is 2.74 bits per heavy atom. The van der Waals surface area contributed by atoms with Gasteiger partial charge in [0.05, 0.1) is 26.3 Å². The van der Waals surface area contributed by atoms with Gasteiger partial charge in [-0.3, -0.25) is 0 Å². The largest absolute Gasteiger partial charge is 0.414 e. The highest BCUT2D eigenvalue weighted by molar-refractivity contribution is 7.19. The summed E-state index contributed by atoms with van der Waals surface area (Å²) in [6.07, 6.45) is 1.33. The highest BCUT2D eigenvalue weighted by Gasteiger charge is 2.24. The van der Waals surface area contributed by atoms with Crippen molar-refractivity contribution in [1.29, 1.82) is 0 Å². The lowest BCUT2D eigenvalue weighted by Crippen LogP contribution is -2.47. The van der Waals surface area contributed by atoms with Crippen LogP contribution in [0, 0.1) is 0 Å². The number of nitrogens with zero attached hydrogens (tertiary/aromatic N) is 3. The Morgan fingerprint density at radius 1 is 1.23 bits per heavy atom. The summed E-state index contributed by atoms with van der Waals surface area (Å²) in [6.45, 7) is 6.66. The minimum atomic E-state index is -0.470. The van der Waals surface area contributed by atoms with Crippen LogP contribution in [0.3, 0.4) is 0 Å². The standard InChI is InChI=1S/C25H26Cl2N4O3S/c1-15(2)30-10-8-16(9-11-30)28-25(32)33-24-13-18-19(26)4-3-5-20(18)31(24)14-17-12-21(34-29-17)22-6-7-23(27)35-22/h3-7,12-13,15-16H,8-11,14H2,1-2H3,(H,28,32). The molecular formula is C25H26Cl2N4O3S. The first-order chi connectivity index (χ1) is 16.9. The van der Waals surface area contributed by atoms with Gasteiger partial charge in [-0.15, -0.1) is 11.3 Å². The number of piperidine rings is 1. The van der Waals surface area contributed by atoms with E-state index in [0.29, 0.717) is 39.3 Å². The average Bonchev–Trinajstić information content (AvgIpc) is 3.55. The Kier molecular flexibility index (Phi) is 7.07. The monoisotopic (exact) mass is 532 g/mol. The Balaban J connectivity index is 1.35. The maximum Gasteiger partial charge on any atom is 0.414 e. The molecule has 4 heterocycles. The predicted octanol–water partition coefficient (Wildman–Crippen LogP) is 6.67. The molecular weight excluding hydrogens is 507 g/mol. The maximum atomic E-state index is 12.8. The van der Waals surface area contributed by atoms with E-state index in [9.17, 15) is 4.79 Å². The molecule has 1 aliphatic heterocycles. The smallest absolute Gasteiger partial charge is 0.393 e. The van der Waals surface area contributed by atoms with Gasteiger partial charge in [-0.2, -0.15) is 0 Å². The zero-order valence-electron chi connectivity index (χ0n) is 19.5. The molecule has 0 saturated carbocycles. The molecule has 4 aromatic rings. The van der Waals surface area contributed by atoms with Crippen molar-refractivity contribution in [2.24, 2.45) is 0 Å². The quantitative estimate of drug-likeness (QED) is 0.300. The number of benzene rings is 1. The van der Waals surface area contributed by atoms with Gasteiger partial charge in [0.25, 0.3) is 0 Å². The number of hydrogen-bond donors (Lipinski definition) is 1. The predicted molar refractivity (Wildman–Crippen MR) is 140 cm³/mol. The second-order valence-corrected chi connectivity index (χ2v) is 11.1. The van der Waals surface area contributed by atoms with E-state index >= 15 is 0 Å². The molecule has 3 aromatic heterocycles. The van der Waals surface area contributed by atoms with E-state index in [-0.39, 0.29) is 6.04 Å². The van der Waals surface area contributed by atoms with Crippen molar-refractivity contribution in [3.8, 4) is 16.5 Å². The van der Waals surface area contributed by atoms with Gasteiger partial charge in [0.2, 0.25) is 5.88 Å². The van der Waals surface area contributed by atoms with Crippen LogP contribution in [0.15, 0.2) is 47.0 Å². The van der Waals surface area contributed by atoms with Gasteiger partial charge in [-0.05, 0) is 51.0 Å². The van der Waals surface area contributed by atoms with E-state index in [0.717, 1.165) is 41.7 Å². The fourth-order valence-corrected chi connectivity index (χ4v) is 5.65. The van der Waals surface area contributed by atoms with Crippen LogP contribution in [0.4, 0.5) is 4.79 Å². The lowest BCUT2D eigenvalue weighted by molar-refractivity contribution is 0.151. The van der Waals surface area contributed by atoms with Crippen molar-refractivity contribution >= 4 is 51.5 Å². The molecule has 1 fully saturated rings. The Labute approximate surface area is 217 Å². The minimum absolute atomic E-state index is 0.0923. The zero-order chi connectivity index (χ0) is 24.5. The molecule has 10 heteroatoms. The third-order valence-corrected chi connectivity index (χ3v) is 7.90. The second-order valence-electron chi connectivity index (χ2n) is 8.97. The van der Waals surface area contributed by atoms with E-state index in [2.05, 4.69) is 29.2 Å². The van der Waals surface area contributed by atoms with Gasteiger partial charge in [0, 0.05) is 42.7 Å². The van der Waals surface area contributed by atoms with E-state index in [1.54, 1.807) is 6.07 Å². The van der Waals surface area contributed by atoms with E-state index in [4.69, 9.17) is 32.5 Å². The van der Waals surface area contributed by atoms with Crippen molar-refractivity contribution < 1.29 is 14.1 Å². The van der Waals surface area contributed by atoms with E-state index in [1.807, 2.05) is 41.0 Å². The van der Waals surface area contributed by atoms with Gasteiger partial charge >= 0.3 is 6.09 Å². The molecule has 0 aliphatic carbocycles. The minimum Gasteiger partial charge on any atom is -0.393 e. The Morgan fingerprint density at radius 2 is 2.03 bits per heavy atom. The summed E-state index contributed by atoms with van der Waals surface area (Å²) in [7, 11) is 0. The molecule has 7 nitrogen and oxygen atoms in total. The van der Waals surface area contributed by atoms with E-state index in [1.165, 1.54) is 11.3 Å². The molecule has 0 atom stereocenters. The zero-order valence-corrected chi connectivity index (χ0v) is 21.8. The molecule has 1 N–H and O–H groups in total. The van der Waals surface area contributed by atoms with Crippen LogP contribution in [-0.4, -0.2) is 45.9 Å². The SMILES string of the molecule is CC(C)N1CCC(NC(=O)Oc2cc3c(Cl)cccc3n2Cc2cc(-c3ccc(Cl)s3)on2)CC1. The average molecular weight is 533 g/mol. The summed E-state index contributed by atoms with van der Waals surface area (Å²) in [5, 5.41) is 8.63. The van der Waals surface area contributed by atoms with Crippen LogP contribution >= 0.6 is 34.5 Å².